The average Bonchev–Trinajstić information content (AvgIpc) is 2.92. The van der Waals surface area contributed by atoms with Gasteiger partial charge in [-0.1, -0.05) is 0 Å². The number of nitrogens with zero attached hydrogens (tertiary/aromatic N) is 2. The van der Waals surface area contributed by atoms with E-state index in [0.717, 1.165) is 32.0 Å². The number of carbonyl (C=O) groups excluding carboxylic acids is 2. The van der Waals surface area contributed by atoms with Crippen LogP contribution in [0.5, 0.6) is 23.0 Å². The Bertz CT molecular complexity index is 1280. The molecule has 0 bridgehead atoms. The van der Waals surface area contributed by atoms with Crippen LogP contribution in [-0.4, -0.2) is 62.1 Å². The Labute approximate surface area is 214 Å². The quantitative estimate of drug-likeness (QED) is 0.442. The molecule has 1 fully saturated rings. The van der Waals surface area contributed by atoms with Gasteiger partial charge < -0.3 is 29.7 Å². The van der Waals surface area contributed by atoms with E-state index >= 15 is 0 Å². The second-order valence-corrected chi connectivity index (χ2v) is 8.83. The van der Waals surface area contributed by atoms with Crippen molar-refractivity contribution < 1.29 is 28.2 Å². The van der Waals surface area contributed by atoms with E-state index in [1.54, 1.807) is 38.4 Å². The number of hydrogen-bond donors (Lipinski definition) is 2. The predicted octanol–water partition coefficient (Wildman–Crippen LogP) is 3.97. The number of piperidine rings is 1. The second kappa shape index (κ2) is 11.9. The van der Waals surface area contributed by atoms with Crippen LogP contribution in [0.3, 0.4) is 0 Å². The molecule has 2 heterocycles. The summed E-state index contributed by atoms with van der Waals surface area (Å²) in [4.78, 5) is 29.7. The predicted molar refractivity (Wildman–Crippen MR) is 138 cm³/mol. The minimum Gasteiger partial charge on any atom is -0.491 e. The zero-order valence-corrected chi connectivity index (χ0v) is 21.2. The molecule has 0 atom stereocenters. The lowest BCUT2D eigenvalue weighted by Gasteiger charge is -2.23. The molecular weight excluding hydrogens is 479 g/mol. The fourth-order valence-electron chi connectivity index (χ4n) is 4.09. The zero-order chi connectivity index (χ0) is 26.4. The molecule has 2 amide bonds. The van der Waals surface area contributed by atoms with Crippen LogP contribution in [0.1, 0.15) is 19.8 Å². The highest BCUT2D eigenvalue weighted by atomic mass is 19.1. The van der Waals surface area contributed by atoms with Crippen LogP contribution < -0.4 is 24.8 Å². The highest BCUT2D eigenvalue weighted by Gasteiger charge is 2.20. The van der Waals surface area contributed by atoms with Gasteiger partial charge in [0.25, 0.3) is 0 Å². The van der Waals surface area contributed by atoms with Gasteiger partial charge in [0, 0.05) is 36.9 Å². The summed E-state index contributed by atoms with van der Waals surface area (Å²) in [5.41, 5.74) is 0.676. The van der Waals surface area contributed by atoms with Gasteiger partial charge in [-0.15, -0.1) is 0 Å². The van der Waals surface area contributed by atoms with Gasteiger partial charge in [0.05, 0.1) is 13.7 Å². The maximum absolute atomic E-state index is 14.9. The summed E-state index contributed by atoms with van der Waals surface area (Å²) >= 11 is 0. The number of pyridine rings is 1. The first kappa shape index (κ1) is 26.2. The molecule has 37 heavy (non-hydrogen) atoms. The molecular formula is C27H31FN4O5. The van der Waals surface area contributed by atoms with Crippen molar-refractivity contribution in [3.63, 3.8) is 0 Å². The topological polar surface area (TPSA) is 102 Å². The molecule has 4 rings (SSSR count). The Morgan fingerprint density at radius 1 is 1.14 bits per heavy atom. The van der Waals surface area contributed by atoms with Crippen LogP contribution in [-0.2, 0) is 9.59 Å². The van der Waals surface area contributed by atoms with Gasteiger partial charge in [-0.05, 0) is 69.1 Å². The van der Waals surface area contributed by atoms with Crippen molar-refractivity contribution in [3.8, 4) is 23.0 Å². The van der Waals surface area contributed by atoms with Gasteiger partial charge in [-0.2, -0.15) is 0 Å². The summed E-state index contributed by atoms with van der Waals surface area (Å²) in [6, 6.07) is 9.19. The Balaban J connectivity index is 1.52. The van der Waals surface area contributed by atoms with Gasteiger partial charge in [-0.25, -0.2) is 4.39 Å². The van der Waals surface area contributed by atoms with E-state index < -0.39 is 17.6 Å². The number of aromatic nitrogens is 1. The largest absolute Gasteiger partial charge is 0.491 e. The van der Waals surface area contributed by atoms with Crippen molar-refractivity contribution in [1.29, 1.82) is 0 Å². The Kier molecular flexibility index (Phi) is 8.39. The number of rotatable bonds is 8. The van der Waals surface area contributed by atoms with E-state index in [9.17, 15) is 14.0 Å². The normalized spacial score (nSPS) is 13.7. The maximum Gasteiger partial charge on any atom is 0.313 e. The molecule has 1 aliphatic heterocycles. The van der Waals surface area contributed by atoms with E-state index in [4.69, 9.17) is 14.2 Å². The van der Waals surface area contributed by atoms with Gasteiger partial charge in [-0.3, -0.25) is 14.6 Å². The average molecular weight is 511 g/mol. The highest BCUT2D eigenvalue weighted by molar-refractivity contribution is 6.39. The molecule has 10 heteroatoms. The number of fused-ring (bicyclic) bond motifs is 1. The third-order valence-electron chi connectivity index (χ3n) is 6.35. The van der Waals surface area contributed by atoms with E-state index in [2.05, 4.69) is 15.6 Å². The third-order valence-corrected chi connectivity index (χ3v) is 6.35. The van der Waals surface area contributed by atoms with Crippen molar-refractivity contribution in [3.05, 3.63) is 48.4 Å². The summed E-state index contributed by atoms with van der Waals surface area (Å²) < 4.78 is 32.4. The number of anilines is 1. The Morgan fingerprint density at radius 3 is 2.59 bits per heavy atom. The minimum atomic E-state index is -0.845. The molecule has 0 aliphatic carbocycles. The van der Waals surface area contributed by atoms with Crippen LogP contribution in [0.4, 0.5) is 10.1 Å². The van der Waals surface area contributed by atoms with E-state index in [1.165, 1.54) is 24.1 Å². The molecule has 2 aromatic carbocycles. The fraction of sp³-hybridized carbons (Fsp3) is 0.370. The monoisotopic (exact) mass is 510 g/mol. The molecule has 0 spiro atoms. The number of ether oxygens (including phenoxy) is 3. The molecule has 0 saturated carbocycles. The molecule has 1 aliphatic rings. The van der Waals surface area contributed by atoms with Crippen molar-refractivity contribution in [2.75, 3.05) is 45.7 Å². The fourth-order valence-corrected chi connectivity index (χ4v) is 4.09. The first-order valence-corrected chi connectivity index (χ1v) is 12.2. The lowest BCUT2D eigenvalue weighted by Crippen LogP contribution is -2.36. The van der Waals surface area contributed by atoms with Crippen molar-refractivity contribution >= 4 is 28.4 Å². The van der Waals surface area contributed by atoms with Crippen molar-refractivity contribution in [2.24, 2.45) is 5.92 Å². The molecule has 196 valence electrons. The van der Waals surface area contributed by atoms with Crippen molar-refractivity contribution in [1.82, 2.24) is 15.2 Å². The first-order chi connectivity index (χ1) is 17.9. The number of carbonyl (C=O) groups is 2. The molecule has 1 saturated heterocycles. The number of hydrogen-bond acceptors (Lipinski definition) is 7. The summed E-state index contributed by atoms with van der Waals surface area (Å²) in [6.45, 7) is 4.70. The molecule has 9 nitrogen and oxygen atoms in total. The SMILES string of the molecule is CCN(C)C(=O)C(=O)Nc1ccc(Oc2ccnc3c(OC)c(OCC4CCNCC4)ccc23)c(F)c1. The number of methoxy groups -OCH3 is 1. The standard InChI is InChI=1S/C27H31FN4O5/c1-4-32(2)27(34)26(33)31-18-5-7-22(20(28)15-18)37-21-11-14-30-24-19(21)6-8-23(25(24)35-3)36-16-17-9-12-29-13-10-17/h5-8,11,14-15,17,29H,4,9-10,12-13,16H2,1-3H3,(H,31,33). The lowest BCUT2D eigenvalue weighted by molar-refractivity contribution is -0.142. The smallest absolute Gasteiger partial charge is 0.313 e. The minimum absolute atomic E-state index is 0.0484. The maximum atomic E-state index is 14.9. The van der Waals surface area contributed by atoms with Gasteiger partial charge in [0.1, 0.15) is 11.3 Å². The van der Waals surface area contributed by atoms with Gasteiger partial charge in [0.2, 0.25) is 0 Å². The number of benzene rings is 2. The summed E-state index contributed by atoms with van der Waals surface area (Å²) in [5, 5.41) is 6.38. The van der Waals surface area contributed by atoms with Crippen molar-refractivity contribution in [2.45, 2.75) is 19.8 Å². The van der Waals surface area contributed by atoms with Crippen LogP contribution in [0.25, 0.3) is 10.9 Å². The molecule has 0 unspecified atom stereocenters. The summed E-state index contributed by atoms with van der Waals surface area (Å²) in [7, 11) is 3.06. The summed E-state index contributed by atoms with van der Waals surface area (Å²) in [5.74, 6) is -0.373. The molecule has 3 aromatic rings. The summed E-state index contributed by atoms with van der Waals surface area (Å²) in [6.07, 6.45) is 3.68. The molecule has 2 N–H and O–H groups in total. The van der Waals surface area contributed by atoms with Gasteiger partial charge >= 0.3 is 11.8 Å². The number of amides is 2. The van der Waals surface area contributed by atoms with E-state index in [0.29, 0.717) is 47.2 Å². The first-order valence-electron chi connectivity index (χ1n) is 12.2. The van der Waals surface area contributed by atoms with E-state index in [1.807, 2.05) is 0 Å². The zero-order valence-electron chi connectivity index (χ0n) is 21.2. The van der Waals surface area contributed by atoms with Gasteiger partial charge in [0.15, 0.2) is 23.1 Å². The van der Waals surface area contributed by atoms with Crippen LogP contribution in [0.2, 0.25) is 0 Å². The second-order valence-electron chi connectivity index (χ2n) is 8.83. The number of halogens is 1. The van der Waals surface area contributed by atoms with Crippen LogP contribution in [0, 0.1) is 11.7 Å². The van der Waals surface area contributed by atoms with E-state index in [-0.39, 0.29) is 11.4 Å². The molecule has 1 aromatic heterocycles. The number of likely N-dealkylation sites (N-methyl/N-ethyl adjacent to an activating group) is 1. The Morgan fingerprint density at radius 2 is 1.89 bits per heavy atom. The third kappa shape index (κ3) is 6.08. The van der Waals surface area contributed by atoms with Crippen LogP contribution >= 0.6 is 0 Å². The highest BCUT2D eigenvalue weighted by Crippen LogP contribution is 2.39. The lowest BCUT2D eigenvalue weighted by atomic mass is 9.99. The molecule has 0 radical (unpaired) electrons. The number of nitrogens with one attached hydrogen (secondary N) is 2. The Hall–Kier alpha value is -3.92. The van der Waals surface area contributed by atoms with Crippen LogP contribution in [0.15, 0.2) is 42.6 Å².